The van der Waals surface area contributed by atoms with Gasteiger partial charge in [-0.3, -0.25) is 0 Å². The molecule has 0 radical (unpaired) electrons. The van der Waals surface area contributed by atoms with E-state index in [2.05, 4.69) is 0 Å². The van der Waals surface area contributed by atoms with Gasteiger partial charge in [-0.2, -0.15) is 0 Å². The van der Waals surface area contributed by atoms with Crippen LogP contribution in [0.4, 0.5) is 11.4 Å². The fourth-order valence-corrected chi connectivity index (χ4v) is 2.29. The third-order valence-electron chi connectivity index (χ3n) is 3.39. The number of nitrogens with two attached hydrogens (primary N) is 2. The van der Waals surface area contributed by atoms with Crippen LogP contribution in [0.3, 0.4) is 0 Å². The van der Waals surface area contributed by atoms with Gasteiger partial charge in [-0.25, -0.2) is 0 Å². The molecule has 20 heavy (non-hydrogen) atoms. The van der Waals surface area contributed by atoms with E-state index < -0.39 is 6.10 Å². The molecule has 0 amide bonds. The molecule has 0 aliphatic heterocycles. The second-order valence-corrected chi connectivity index (χ2v) is 5.00. The van der Waals surface area contributed by atoms with Gasteiger partial charge in [0.05, 0.1) is 24.1 Å². The first-order valence-corrected chi connectivity index (χ1v) is 6.55. The van der Waals surface area contributed by atoms with Crippen LogP contribution in [0.15, 0.2) is 36.4 Å². The highest BCUT2D eigenvalue weighted by molar-refractivity contribution is 5.86. The smallest absolute Gasteiger partial charge is 0.0811 e. The van der Waals surface area contributed by atoms with Crippen molar-refractivity contribution in [3.63, 3.8) is 0 Å². The Morgan fingerprint density at radius 2 is 1.80 bits per heavy atom. The SMILES string of the molecule is Cc1ccccc1-c1cc(CC(O)CO)cc(N)c1N. The zero-order valence-electron chi connectivity index (χ0n) is 11.5. The van der Waals surface area contributed by atoms with Gasteiger partial charge in [0.25, 0.3) is 0 Å². The van der Waals surface area contributed by atoms with E-state index in [9.17, 15) is 5.11 Å². The van der Waals surface area contributed by atoms with Crippen LogP contribution in [0.5, 0.6) is 0 Å². The zero-order valence-corrected chi connectivity index (χ0v) is 11.5. The van der Waals surface area contributed by atoms with Crippen LogP contribution >= 0.6 is 0 Å². The summed E-state index contributed by atoms with van der Waals surface area (Å²) in [6.45, 7) is 1.74. The topological polar surface area (TPSA) is 92.5 Å². The van der Waals surface area contributed by atoms with Crippen LogP contribution < -0.4 is 11.5 Å². The number of aliphatic hydroxyl groups excluding tert-OH is 2. The maximum absolute atomic E-state index is 9.57. The van der Waals surface area contributed by atoms with Crippen LogP contribution in [0.1, 0.15) is 11.1 Å². The van der Waals surface area contributed by atoms with Gasteiger partial charge >= 0.3 is 0 Å². The minimum atomic E-state index is -0.789. The van der Waals surface area contributed by atoms with E-state index >= 15 is 0 Å². The van der Waals surface area contributed by atoms with E-state index in [1.807, 2.05) is 37.3 Å². The Morgan fingerprint density at radius 3 is 2.45 bits per heavy atom. The number of nitrogen functional groups attached to an aromatic ring is 2. The molecule has 1 atom stereocenters. The van der Waals surface area contributed by atoms with Gasteiger partial charge < -0.3 is 21.7 Å². The molecule has 0 spiro atoms. The number of anilines is 2. The molecule has 0 saturated carbocycles. The molecular weight excluding hydrogens is 252 g/mol. The summed E-state index contributed by atoms with van der Waals surface area (Å²) < 4.78 is 0. The summed E-state index contributed by atoms with van der Waals surface area (Å²) in [4.78, 5) is 0. The Kier molecular flexibility index (Phi) is 4.27. The molecule has 4 nitrogen and oxygen atoms in total. The van der Waals surface area contributed by atoms with Crippen molar-refractivity contribution in [2.24, 2.45) is 0 Å². The first-order chi connectivity index (χ1) is 9.52. The molecule has 0 aromatic heterocycles. The highest BCUT2D eigenvalue weighted by Gasteiger charge is 2.12. The van der Waals surface area contributed by atoms with Crippen LogP contribution in [-0.2, 0) is 6.42 Å². The van der Waals surface area contributed by atoms with Crippen molar-refractivity contribution < 1.29 is 10.2 Å². The third-order valence-corrected chi connectivity index (χ3v) is 3.39. The standard InChI is InChI=1S/C16H20N2O2/c1-10-4-2-3-5-13(10)14-7-11(6-12(20)9-19)8-15(17)16(14)18/h2-5,7-8,12,19-20H,6,9,17-18H2,1H3. The van der Waals surface area contributed by atoms with Gasteiger partial charge in [-0.05, 0) is 35.7 Å². The molecule has 0 aliphatic rings. The van der Waals surface area contributed by atoms with Gasteiger partial charge in [-0.15, -0.1) is 0 Å². The van der Waals surface area contributed by atoms with Crippen molar-refractivity contribution in [2.45, 2.75) is 19.4 Å². The van der Waals surface area contributed by atoms with Crippen molar-refractivity contribution in [1.82, 2.24) is 0 Å². The molecule has 0 heterocycles. The number of aliphatic hydroxyl groups is 2. The Balaban J connectivity index is 2.50. The summed E-state index contributed by atoms with van der Waals surface area (Å²) in [6.07, 6.45) is -0.442. The van der Waals surface area contributed by atoms with Crippen molar-refractivity contribution >= 4 is 11.4 Å². The monoisotopic (exact) mass is 272 g/mol. The zero-order chi connectivity index (χ0) is 14.7. The molecule has 6 N–H and O–H groups in total. The predicted molar refractivity (Wildman–Crippen MR) is 82.2 cm³/mol. The minimum absolute atomic E-state index is 0.274. The largest absolute Gasteiger partial charge is 0.397 e. The van der Waals surface area contributed by atoms with Crippen molar-refractivity contribution in [3.05, 3.63) is 47.5 Å². The molecule has 0 aliphatic carbocycles. The van der Waals surface area contributed by atoms with Gasteiger partial charge in [-0.1, -0.05) is 24.3 Å². The normalized spacial score (nSPS) is 12.3. The van der Waals surface area contributed by atoms with Gasteiger partial charge in [0.15, 0.2) is 0 Å². The highest BCUT2D eigenvalue weighted by Crippen LogP contribution is 2.33. The number of benzene rings is 2. The molecule has 0 fully saturated rings. The summed E-state index contributed by atoms with van der Waals surface area (Å²) in [5, 5.41) is 18.5. The van der Waals surface area contributed by atoms with Crippen LogP contribution in [0.25, 0.3) is 11.1 Å². The lowest BCUT2D eigenvalue weighted by atomic mass is 9.95. The van der Waals surface area contributed by atoms with Crippen molar-refractivity contribution in [2.75, 3.05) is 18.1 Å². The van der Waals surface area contributed by atoms with E-state index in [1.54, 1.807) is 6.07 Å². The lowest BCUT2D eigenvalue weighted by Crippen LogP contribution is -2.15. The Labute approximate surface area is 118 Å². The first kappa shape index (κ1) is 14.4. The fraction of sp³-hybridized carbons (Fsp3) is 0.250. The summed E-state index contributed by atoms with van der Waals surface area (Å²) >= 11 is 0. The Hall–Kier alpha value is -2.04. The molecular formula is C16H20N2O2. The molecule has 4 heteroatoms. The third kappa shape index (κ3) is 2.92. The Morgan fingerprint density at radius 1 is 1.10 bits per heavy atom. The van der Waals surface area contributed by atoms with Crippen molar-refractivity contribution in [3.8, 4) is 11.1 Å². The maximum Gasteiger partial charge on any atom is 0.0811 e. The quantitative estimate of drug-likeness (QED) is 0.638. The lowest BCUT2D eigenvalue weighted by Gasteiger charge is -2.15. The summed E-state index contributed by atoms with van der Waals surface area (Å²) in [5.41, 5.74) is 16.9. The average Bonchev–Trinajstić information content (AvgIpc) is 2.43. The van der Waals surface area contributed by atoms with Crippen molar-refractivity contribution in [1.29, 1.82) is 0 Å². The average molecular weight is 272 g/mol. The highest BCUT2D eigenvalue weighted by atomic mass is 16.3. The van der Waals surface area contributed by atoms with Crippen LogP contribution in [0.2, 0.25) is 0 Å². The van der Waals surface area contributed by atoms with Gasteiger partial charge in [0.1, 0.15) is 0 Å². The Bertz CT molecular complexity index is 611. The first-order valence-electron chi connectivity index (χ1n) is 6.55. The molecule has 0 saturated heterocycles. The number of hydrogen-bond donors (Lipinski definition) is 4. The summed E-state index contributed by atoms with van der Waals surface area (Å²) in [7, 11) is 0. The van der Waals surface area contributed by atoms with E-state index in [1.165, 1.54) is 0 Å². The van der Waals surface area contributed by atoms with E-state index in [0.29, 0.717) is 17.8 Å². The number of aryl methyl sites for hydroxylation is 1. The minimum Gasteiger partial charge on any atom is -0.397 e. The van der Waals surface area contributed by atoms with Crippen LogP contribution in [0, 0.1) is 6.92 Å². The summed E-state index contributed by atoms with van der Waals surface area (Å²) in [6, 6.07) is 11.6. The van der Waals surface area contributed by atoms with Crippen LogP contribution in [-0.4, -0.2) is 22.9 Å². The molecule has 2 aromatic rings. The van der Waals surface area contributed by atoms with E-state index in [0.717, 1.165) is 22.3 Å². The fourth-order valence-electron chi connectivity index (χ4n) is 2.29. The number of hydrogen-bond acceptors (Lipinski definition) is 4. The maximum atomic E-state index is 9.57. The summed E-state index contributed by atoms with van der Waals surface area (Å²) in [5.74, 6) is 0. The number of rotatable bonds is 4. The van der Waals surface area contributed by atoms with E-state index in [-0.39, 0.29) is 6.61 Å². The lowest BCUT2D eigenvalue weighted by molar-refractivity contribution is 0.0955. The van der Waals surface area contributed by atoms with E-state index in [4.69, 9.17) is 16.6 Å². The second kappa shape index (κ2) is 5.94. The molecule has 0 bridgehead atoms. The molecule has 106 valence electrons. The second-order valence-electron chi connectivity index (χ2n) is 5.00. The van der Waals surface area contributed by atoms with Gasteiger partial charge in [0, 0.05) is 12.0 Å². The molecule has 2 rings (SSSR count). The molecule has 2 aromatic carbocycles. The molecule has 1 unspecified atom stereocenters. The van der Waals surface area contributed by atoms with Gasteiger partial charge in [0.2, 0.25) is 0 Å². The predicted octanol–water partition coefficient (Wildman–Crippen LogP) is 1.72.